The van der Waals surface area contributed by atoms with Crippen LogP contribution >= 0.6 is 0 Å². The van der Waals surface area contributed by atoms with E-state index in [1.807, 2.05) is 0 Å². The summed E-state index contributed by atoms with van der Waals surface area (Å²) in [4.78, 5) is 31.2. The zero-order valence-electron chi connectivity index (χ0n) is 10.9. The molecule has 0 aromatic heterocycles. The van der Waals surface area contributed by atoms with Gasteiger partial charge in [0.2, 0.25) is 6.54 Å². The summed E-state index contributed by atoms with van der Waals surface area (Å²) in [7, 11) is 0. The number of benzene rings is 1. The van der Waals surface area contributed by atoms with Crippen LogP contribution in [-0.2, 0) is 4.79 Å². The van der Waals surface area contributed by atoms with E-state index in [1.54, 1.807) is 18.2 Å². The van der Waals surface area contributed by atoms with Crippen molar-refractivity contribution < 1.29 is 14.6 Å². The molecule has 7 nitrogen and oxygen atoms in total. The predicted molar refractivity (Wildman–Crippen MR) is 72.8 cm³/mol. The Hall–Kier alpha value is -2.57. The molecule has 0 spiro atoms. The van der Waals surface area contributed by atoms with Gasteiger partial charge in [-0.3, -0.25) is 20.2 Å². The van der Waals surface area contributed by atoms with Crippen LogP contribution in [-0.4, -0.2) is 22.2 Å². The number of nitrogens with zero attached hydrogens (tertiary/aromatic N) is 2. The average Bonchev–Trinajstić information content (AvgIpc) is 2.35. The van der Waals surface area contributed by atoms with Crippen LogP contribution in [0.1, 0.15) is 18.9 Å². The molecule has 0 N–H and O–H groups in total. The molecule has 0 aliphatic carbocycles. The molecule has 0 saturated heterocycles. The number of nitro benzene ring substituents is 1. The van der Waals surface area contributed by atoms with Crippen molar-refractivity contribution in [3.63, 3.8) is 0 Å². The molecule has 0 aliphatic heterocycles. The first-order chi connectivity index (χ1) is 9.38. The van der Waals surface area contributed by atoms with Gasteiger partial charge in [-0.05, 0) is 12.5 Å². The summed E-state index contributed by atoms with van der Waals surface area (Å²) in [5, 5.41) is 21.1. The number of nitro groups is 2. The maximum Gasteiger partial charge on any atom is 0.270 e. The molecule has 106 valence electrons. The van der Waals surface area contributed by atoms with Crippen molar-refractivity contribution in [1.29, 1.82) is 0 Å². The molecular formula is C13H14N2O5. The molecule has 0 radical (unpaired) electrons. The van der Waals surface area contributed by atoms with Crippen LogP contribution in [0.2, 0.25) is 0 Å². The van der Waals surface area contributed by atoms with Gasteiger partial charge in [-0.25, -0.2) is 0 Å². The minimum Gasteiger partial charge on any atom is -0.300 e. The number of rotatable bonds is 7. The zero-order valence-corrected chi connectivity index (χ0v) is 10.9. The van der Waals surface area contributed by atoms with Gasteiger partial charge in [0, 0.05) is 29.4 Å². The first-order valence-corrected chi connectivity index (χ1v) is 5.92. The Morgan fingerprint density at radius 1 is 1.35 bits per heavy atom. The van der Waals surface area contributed by atoms with Crippen molar-refractivity contribution >= 4 is 17.5 Å². The number of hydrogen-bond donors (Lipinski definition) is 0. The van der Waals surface area contributed by atoms with Crippen LogP contribution in [0.3, 0.4) is 0 Å². The molecule has 0 fully saturated rings. The number of ketones is 1. The van der Waals surface area contributed by atoms with Gasteiger partial charge in [0.05, 0.1) is 4.92 Å². The molecule has 1 rings (SSSR count). The molecule has 20 heavy (non-hydrogen) atoms. The molecule has 7 heteroatoms. The van der Waals surface area contributed by atoms with Crippen molar-refractivity contribution in [2.24, 2.45) is 5.92 Å². The summed E-state index contributed by atoms with van der Waals surface area (Å²) in [5.74, 6) is -0.651. The van der Waals surface area contributed by atoms with E-state index >= 15 is 0 Å². The molecule has 0 aliphatic rings. The van der Waals surface area contributed by atoms with Crippen molar-refractivity contribution in [3.05, 3.63) is 56.1 Å². The Labute approximate surface area is 115 Å². The molecule has 0 unspecified atom stereocenters. The number of Topliss-reactive ketones (excluding diaryl/α,β-unsaturated/α-hetero) is 1. The van der Waals surface area contributed by atoms with E-state index in [0.717, 1.165) is 0 Å². The van der Waals surface area contributed by atoms with Crippen LogP contribution in [0.4, 0.5) is 5.69 Å². The zero-order chi connectivity index (χ0) is 15.1. The highest BCUT2D eigenvalue weighted by Gasteiger charge is 2.14. The Morgan fingerprint density at radius 2 is 2.05 bits per heavy atom. The minimum atomic E-state index is -0.512. The highest BCUT2D eigenvalue weighted by molar-refractivity contribution is 5.76. The topological polar surface area (TPSA) is 103 Å². The normalized spacial score (nSPS) is 12.2. The van der Waals surface area contributed by atoms with E-state index in [4.69, 9.17) is 0 Å². The Kier molecular flexibility index (Phi) is 5.52. The number of carbonyl (C=O) groups excluding carboxylic acids is 1. The van der Waals surface area contributed by atoms with Gasteiger partial charge < -0.3 is 4.79 Å². The van der Waals surface area contributed by atoms with Crippen molar-refractivity contribution in [2.75, 3.05) is 6.54 Å². The summed E-state index contributed by atoms with van der Waals surface area (Å²) < 4.78 is 0. The largest absolute Gasteiger partial charge is 0.300 e. The molecule has 1 aromatic rings. The summed E-state index contributed by atoms with van der Waals surface area (Å²) in [5.41, 5.74) is 0.514. The second-order valence-electron chi connectivity index (χ2n) is 4.39. The van der Waals surface area contributed by atoms with Gasteiger partial charge in [0.15, 0.2) is 0 Å². The first kappa shape index (κ1) is 15.5. The molecule has 0 heterocycles. The standard InChI is InChI=1S/C13H14N2O5/c1-10(16)7-12(9-14(17)18)6-5-11-3-2-4-13(8-11)15(19)20/h2-6,8,12H,7,9H2,1H3/b6-5+/t12-/m1/s1. The lowest BCUT2D eigenvalue weighted by Gasteiger charge is -2.05. The maximum absolute atomic E-state index is 11.0. The molecule has 0 amide bonds. The Morgan fingerprint density at radius 3 is 2.60 bits per heavy atom. The highest BCUT2D eigenvalue weighted by atomic mass is 16.6. The van der Waals surface area contributed by atoms with Crippen molar-refractivity contribution in [3.8, 4) is 0 Å². The third-order valence-corrected chi connectivity index (χ3v) is 2.58. The lowest BCUT2D eigenvalue weighted by molar-refractivity contribution is -0.485. The smallest absolute Gasteiger partial charge is 0.270 e. The SMILES string of the molecule is CC(=O)C[C@@H](/C=C/c1cccc([N+](=O)[O-])c1)C[N+](=O)[O-]. The van der Waals surface area contributed by atoms with E-state index in [9.17, 15) is 25.0 Å². The van der Waals surface area contributed by atoms with E-state index in [2.05, 4.69) is 0 Å². The van der Waals surface area contributed by atoms with Gasteiger partial charge >= 0.3 is 0 Å². The third kappa shape index (κ3) is 5.38. The van der Waals surface area contributed by atoms with E-state index in [0.29, 0.717) is 5.56 Å². The first-order valence-electron chi connectivity index (χ1n) is 5.92. The minimum absolute atomic E-state index is 0.0513. The average molecular weight is 278 g/mol. The van der Waals surface area contributed by atoms with Crippen molar-refractivity contribution in [1.82, 2.24) is 0 Å². The fourth-order valence-corrected chi connectivity index (χ4v) is 1.74. The number of hydrogen-bond acceptors (Lipinski definition) is 5. The van der Waals surface area contributed by atoms with Gasteiger partial charge in [-0.15, -0.1) is 0 Å². The fraction of sp³-hybridized carbons (Fsp3) is 0.308. The van der Waals surface area contributed by atoms with Crippen LogP contribution in [0.25, 0.3) is 6.08 Å². The fourth-order valence-electron chi connectivity index (χ4n) is 1.74. The third-order valence-electron chi connectivity index (χ3n) is 2.58. The van der Waals surface area contributed by atoms with Crippen LogP contribution in [0.5, 0.6) is 0 Å². The molecule has 1 atom stereocenters. The number of non-ortho nitro benzene ring substituents is 1. The lowest BCUT2D eigenvalue weighted by atomic mass is 10.0. The van der Waals surface area contributed by atoms with E-state index < -0.39 is 15.8 Å². The number of carbonyl (C=O) groups is 1. The van der Waals surface area contributed by atoms with Gasteiger partial charge in [0.1, 0.15) is 5.78 Å². The van der Waals surface area contributed by atoms with E-state index in [-0.39, 0.29) is 24.4 Å². The summed E-state index contributed by atoms with van der Waals surface area (Å²) in [6, 6.07) is 5.92. The van der Waals surface area contributed by atoms with Crippen LogP contribution < -0.4 is 0 Å². The van der Waals surface area contributed by atoms with Gasteiger partial charge in [-0.2, -0.15) is 0 Å². The summed E-state index contributed by atoms with van der Waals surface area (Å²) >= 11 is 0. The monoisotopic (exact) mass is 278 g/mol. The van der Waals surface area contributed by atoms with Gasteiger partial charge in [0.25, 0.3) is 5.69 Å². The van der Waals surface area contributed by atoms with E-state index in [1.165, 1.54) is 25.1 Å². The molecular weight excluding hydrogens is 264 g/mol. The quantitative estimate of drug-likeness (QED) is 0.563. The molecule has 1 aromatic carbocycles. The molecule has 0 saturated carbocycles. The Bertz CT molecular complexity index is 537. The lowest BCUT2D eigenvalue weighted by Crippen LogP contribution is -2.14. The summed E-state index contributed by atoms with van der Waals surface area (Å²) in [6.07, 6.45) is 3.18. The second kappa shape index (κ2) is 7.13. The van der Waals surface area contributed by atoms with Crippen LogP contribution in [0, 0.1) is 26.1 Å². The molecule has 0 bridgehead atoms. The summed E-state index contributed by atoms with van der Waals surface area (Å²) in [6.45, 7) is 1.03. The van der Waals surface area contributed by atoms with Crippen molar-refractivity contribution in [2.45, 2.75) is 13.3 Å². The Balaban J connectivity index is 2.85. The second-order valence-corrected chi connectivity index (χ2v) is 4.39. The highest BCUT2D eigenvalue weighted by Crippen LogP contribution is 2.16. The predicted octanol–water partition coefficient (Wildman–Crippen LogP) is 2.48. The maximum atomic E-state index is 11.0. The van der Waals surface area contributed by atoms with Gasteiger partial charge in [-0.1, -0.05) is 24.3 Å². The van der Waals surface area contributed by atoms with Crippen LogP contribution in [0.15, 0.2) is 30.3 Å².